The van der Waals surface area contributed by atoms with E-state index in [-0.39, 0.29) is 0 Å². The van der Waals surface area contributed by atoms with Crippen LogP contribution < -0.4 is 10.5 Å². The maximum Gasteiger partial charge on any atom is 0.142 e. The molecule has 2 N–H and O–H groups in total. The van der Waals surface area contributed by atoms with Crippen LogP contribution in [0, 0.1) is 0 Å². The number of para-hydroxylation sites is 2. The molecule has 0 saturated heterocycles. The maximum absolute atomic E-state index is 5.80. The molecule has 0 aliphatic carbocycles. The van der Waals surface area contributed by atoms with E-state index in [0.29, 0.717) is 130 Å². The number of ether oxygens (including phenoxy) is 9. The van der Waals surface area contributed by atoms with Crippen molar-refractivity contribution in [3.63, 3.8) is 0 Å². The lowest BCUT2D eigenvalue weighted by atomic mass is 10.3. The minimum atomic E-state index is 0.443. The molecule has 204 valence electrons. The van der Waals surface area contributed by atoms with Crippen molar-refractivity contribution >= 4 is 17.3 Å². The Kier molecular flexibility index (Phi) is 23.5. The van der Waals surface area contributed by atoms with Gasteiger partial charge in [-0.25, -0.2) is 0 Å². The van der Waals surface area contributed by atoms with Crippen molar-refractivity contribution in [2.45, 2.75) is 0 Å². The highest BCUT2D eigenvalue weighted by Gasteiger charge is 1.98. The molecule has 0 aliphatic heterocycles. The van der Waals surface area contributed by atoms with Gasteiger partial charge in [0.05, 0.1) is 111 Å². The van der Waals surface area contributed by atoms with Gasteiger partial charge in [-0.2, -0.15) is 0 Å². The monoisotopic (exact) mass is 523 g/mol. The topological polar surface area (TPSA) is 109 Å². The molecule has 0 spiro atoms. The molecular formula is C24H42ClNO9. The lowest BCUT2D eigenvalue weighted by molar-refractivity contribution is -0.0233. The number of halogens is 1. The third kappa shape index (κ3) is 21.8. The molecule has 0 bridgehead atoms. The van der Waals surface area contributed by atoms with Crippen LogP contribution in [0.1, 0.15) is 0 Å². The smallest absolute Gasteiger partial charge is 0.142 e. The molecule has 0 fully saturated rings. The van der Waals surface area contributed by atoms with Crippen LogP contribution in [-0.2, 0) is 37.9 Å². The predicted octanol–water partition coefficient (Wildman–Crippen LogP) is 2.02. The Bertz CT molecular complexity index is 572. The Hall–Kier alpha value is -1.21. The van der Waals surface area contributed by atoms with Gasteiger partial charge in [0.15, 0.2) is 0 Å². The van der Waals surface area contributed by atoms with Crippen molar-refractivity contribution in [2.75, 3.05) is 124 Å². The molecule has 10 nitrogen and oxygen atoms in total. The summed E-state index contributed by atoms with van der Waals surface area (Å²) in [4.78, 5) is 0. The summed E-state index contributed by atoms with van der Waals surface area (Å²) in [7, 11) is 0. The molecule has 0 radical (unpaired) electrons. The van der Waals surface area contributed by atoms with Crippen LogP contribution in [0.5, 0.6) is 5.75 Å². The first-order chi connectivity index (χ1) is 17.3. The van der Waals surface area contributed by atoms with E-state index in [2.05, 4.69) is 0 Å². The fourth-order valence-electron chi connectivity index (χ4n) is 2.52. The third-order valence-electron chi connectivity index (χ3n) is 4.23. The Morgan fingerprint density at radius 1 is 0.457 bits per heavy atom. The Morgan fingerprint density at radius 2 is 0.771 bits per heavy atom. The second kappa shape index (κ2) is 25.9. The molecule has 35 heavy (non-hydrogen) atoms. The van der Waals surface area contributed by atoms with Crippen LogP contribution in [0.2, 0.25) is 0 Å². The summed E-state index contributed by atoms with van der Waals surface area (Å²) in [6, 6.07) is 7.38. The Labute approximate surface area is 214 Å². The van der Waals surface area contributed by atoms with E-state index in [9.17, 15) is 0 Å². The summed E-state index contributed by atoms with van der Waals surface area (Å²) >= 11 is 5.50. The van der Waals surface area contributed by atoms with Gasteiger partial charge in [0.25, 0.3) is 0 Å². The molecule has 1 aromatic carbocycles. The van der Waals surface area contributed by atoms with Crippen molar-refractivity contribution in [2.24, 2.45) is 0 Å². The molecular weight excluding hydrogens is 482 g/mol. The highest BCUT2D eigenvalue weighted by Crippen LogP contribution is 2.19. The number of nitrogens with two attached hydrogens (primary N) is 1. The number of hydrogen-bond donors (Lipinski definition) is 1. The standard InChI is InChI=1S/C24H42ClNO9/c25-5-6-27-7-8-28-9-10-29-11-12-30-13-14-31-15-16-32-17-18-33-19-20-34-21-22-35-24-4-2-1-3-23(24)26/h1-4H,5-22,26H2. The zero-order valence-corrected chi connectivity index (χ0v) is 21.4. The van der Waals surface area contributed by atoms with Crippen molar-refractivity contribution in [1.82, 2.24) is 0 Å². The number of benzene rings is 1. The summed E-state index contributed by atoms with van der Waals surface area (Å²) < 4.78 is 48.7. The van der Waals surface area contributed by atoms with Crippen molar-refractivity contribution in [1.29, 1.82) is 0 Å². The third-order valence-corrected chi connectivity index (χ3v) is 4.38. The fraction of sp³-hybridized carbons (Fsp3) is 0.750. The zero-order valence-electron chi connectivity index (χ0n) is 20.7. The number of rotatable bonds is 27. The molecule has 11 heteroatoms. The average molecular weight is 524 g/mol. The lowest BCUT2D eigenvalue weighted by Crippen LogP contribution is -2.15. The maximum atomic E-state index is 5.80. The molecule has 0 aromatic heterocycles. The molecule has 0 saturated carbocycles. The van der Waals surface area contributed by atoms with E-state index in [1.54, 1.807) is 6.07 Å². The highest BCUT2D eigenvalue weighted by atomic mass is 35.5. The van der Waals surface area contributed by atoms with Crippen LogP contribution in [0.3, 0.4) is 0 Å². The van der Waals surface area contributed by atoms with Crippen LogP contribution in [0.4, 0.5) is 5.69 Å². The number of nitrogen functional groups attached to an aromatic ring is 1. The normalized spacial score (nSPS) is 11.2. The molecule has 0 unspecified atom stereocenters. The van der Waals surface area contributed by atoms with E-state index < -0.39 is 0 Å². The lowest BCUT2D eigenvalue weighted by Gasteiger charge is -2.09. The summed E-state index contributed by atoms with van der Waals surface area (Å²) in [5, 5.41) is 0. The summed E-state index contributed by atoms with van der Waals surface area (Å²) in [5.41, 5.74) is 6.42. The van der Waals surface area contributed by atoms with Gasteiger partial charge in [-0.3, -0.25) is 0 Å². The number of anilines is 1. The molecule has 0 atom stereocenters. The summed E-state index contributed by atoms with van der Waals surface area (Å²) in [6.07, 6.45) is 0. The molecule has 0 amide bonds. The Balaban J connectivity index is 1.66. The first-order valence-electron chi connectivity index (χ1n) is 12.0. The molecule has 1 aromatic rings. The predicted molar refractivity (Wildman–Crippen MR) is 134 cm³/mol. The van der Waals surface area contributed by atoms with Crippen molar-refractivity contribution < 1.29 is 42.6 Å². The minimum absolute atomic E-state index is 0.443. The SMILES string of the molecule is Nc1ccccc1OCCOCCOCCOCCOCCOCCOCCOCCOCCCl. The van der Waals surface area contributed by atoms with Gasteiger partial charge in [0, 0.05) is 5.88 Å². The zero-order chi connectivity index (χ0) is 25.1. The number of alkyl halides is 1. The van der Waals surface area contributed by atoms with E-state index in [1.165, 1.54) is 0 Å². The first-order valence-corrected chi connectivity index (χ1v) is 12.5. The van der Waals surface area contributed by atoms with E-state index in [0.717, 1.165) is 0 Å². The first kappa shape index (κ1) is 31.8. The number of hydrogen-bond acceptors (Lipinski definition) is 10. The van der Waals surface area contributed by atoms with Crippen LogP contribution >= 0.6 is 11.6 Å². The molecule has 0 heterocycles. The second-order valence-electron chi connectivity index (χ2n) is 6.97. The van der Waals surface area contributed by atoms with Crippen molar-refractivity contribution in [3.8, 4) is 5.75 Å². The average Bonchev–Trinajstić information content (AvgIpc) is 2.87. The molecule has 1 rings (SSSR count). The van der Waals surface area contributed by atoms with E-state index in [4.69, 9.17) is 60.0 Å². The van der Waals surface area contributed by atoms with Crippen LogP contribution in [0.25, 0.3) is 0 Å². The largest absolute Gasteiger partial charge is 0.489 e. The Morgan fingerprint density at radius 3 is 1.11 bits per heavy atom. The van der Waals surface area contributed by atoms with Gasteiger partial charge in [-0.05, 0) is 12.1 Å². The van der Waals surface area contributed by atoms with Gasteiger partial charge in [0.1, 0.15) is 12.4 Å². The van der Waals surface area contributed by atoms with E-state index >= 15 is 0 Å². The summed E-state index contributed by atoms with van der Waals surface area (Å²) in [5.74, 6) is 1.17. The minimum Gasteiger partial charge on any atom is -0.489 e. The van der Waals surface area contributed by atoms with Gasteiger partial charge >= 0.3 is 0 Å². The summed E-state index contributed by atoms with van der Waals surface area (Å²) in [6.45, 7) is 8.76. The fourth-order valence-corrected chi connectivity index (χ4v) is 2.63. The van der Waals surface area contributed by atoms with Crippen LogP contribution in [0.15, 0.2) is 24.3 Å². The van der Waals surface area contributed by atoms with Gasteiger partial charge in [-0.15, -0.1) is 11.6 Å². The van der Waals surface area contributed by atoms with Crippen molar-refractivity contribution in [3.05, 3.63) is 24.3 Å². The van der Waals surface area contributed by atoms with E-state index in [1.807, 2.05) is 18.2 Å². The second-order valence-corrected chi connectivity index (χ2v) is 7.35. The quantitative estimate of drug-likeness (QED) is 0.104. The molecule has 0 aliphatic rings. The van der Waals surface area contributed by atoms with Gasteiger partial charge in [-0.1, -0.05) is 12.1 Å². The van der Waals surface area contributed by atoms with Gasteiger partial charge < -0.3 is 48.4 Å². The highest BCUT2D eigenvalue weighted by molar-refractivity contribution is 6.17. The van der Waals surface area contributed by atoms with Gasteiger partial charge in [0.2, 0.25) is 0 Å². The van der Waals surface area contributed by atoms with Crippen LogP contribution in [-0.4, -0.2) is 118 Å².